The molecule has 92 valence electrons. The van der Waals surface area contributed by atoms with Crippen molar-refractivity contribution in [3.63, 3.8) is 0 Å². The first kappa shape index (κ1) is 12.4. The van der Waals surface area contributed by atoms with Gasteiger partial charge in [0.2, 0.25) is 0 Å². The van der Waals surface area contributed by atoms with E-state index in [4.69, 9.17) is 4.42 Å². The molecule has 0 aromatic carbocycles. The SMILES string of the molecule is CCNC(c1ccoc1C)c1sc(C)cc1C. The highest BCUT2D eigenvalue weighted by molar-refractivity contribution is 7.12. The van der Waals surface area contributed by atoms with Gasteiger partial charge in [-0.15, -0.1) is 11.3 Å². The molecule has 0 aliphatic carbocycles. The molecule has 2 aromatic rings. The molecule has 17 heavy (non-hydrogen) atoms. The summed E-state index contributed by atoms with van der Waals surface area (Å²) in [5.41, 5.74) is 2.61. The van der Waals surface area contributed by atoms with Crippen molar-refractivity contribution >= 4 is 11.3 Å². The molecule has 0 amide bonds. The molecule has 2 heterocycles. The summed E-state index contributed by atoms with van der Waals surface area (Å²) in [7, 11) is 0. The highest BCUT2D eigenvalue weighted by Crippen LogP contribution is 2.33. The Morgan fingerprint density at radius 2 is 2.12 bits per heavy atom. The van der Waals surface area contributed by atoms with Crippen molar-refractivity contribution in [1.29, 1.82) is 0 Å². The largest absolute Gasteiger partial charge is 0.469 e. The number of thiophene rings is 1. The van der Waals surface area contributed by atoms with E-state index >= 15 is 0 Å². The van der Waals surface area contributed by atoms with Crippen LogP contribution in [0.2, 0.25) is 0 Å². The average molecular weight is 249 g/mol. The summed E-state index contributed by atoms with van der Waals surface area (Å²) < 4.78 is 5.42. The Morgan fingerprint density at radius 1 is 1.35 bits per heavy atom. The third-order valence-electron chi connectivity index (χ3n) is 2.96. The maximum Gasteiger partial charge on any atom is 0.105 e. The van der Waals surface area contributed by atoms with Gasteiger partial charge in [0.15, 0.2) is 0 Å². The van der Waals surface area contributed by atoms with Crippen molar-refractivity contribution in [3.8, 4) is 0 Å². The summed E-state index contributed by atoms with van der Waals surface area (Å²) in [5.74, 6) is 1.00. The first-order valence-electron chi connectivity index (χ1n) is 5.97. The Labute approximate surface area is 107 Å². The minimum absolute atomic E-state index is 0.262. The maximum absolute atomic E-state index is 5.42. The molecule has 0 saturated carbocycles. The molecule has 0 aliphatic heterocycles. The third kappa shape index (κ3) is 2.45. The molecule has 1 unspecified atom stereocenters. The van der Waals surface area contributed by atoms with Crippen LogP contribution in [-0.2, 0) is 0 Å². The lowest BCUT2D eigenvalue weighted by atomic mass is 10.0. The van der Waals surface area contributed by atoms with E-state index in [9.17, 15) is 0 Å². The van der Waals surface area contributed by atoms with Crippen LogP contribution in [-0.4, -0.2) is 6.54 Å². The molecule has 0 spiro atoms. The molecule has 1 N–H and O–H groups in total. The summed E-state index contributed by atoms with van der Waals surface area (Å²) in [5, 5.41) is 3.55. The van der Waals surface area contributed by atoms with Crippen molar-refractivity contribution in [2.75, 3.05) is 6.54 Å². The van der Waals surface area contributed by atoms with Crippen molar-refractivity contribution in [3.05, 3.63) is 45.0 Å². The van der Waals surface area contributed by atoms with Gasteiger partial charge in [0.05, 0.1) is 12.3 Å². The van der Waals surface area contributed by atoms with E-state index in [-0.39, 0.29) is 6.04 Å². The van der Waals surface area contributed by atoms with Crippen LogP contribution in [0.15, 0.2) is 22.8 Å². The Morgan fingerprint density at radius 3 is 2.59 bits per heavy atom. The van der Waals surface area contributed by atoms with Crippen LogP contribution < -0.4 is 5.32 Å². The molecular weight excluding hydrogens is 230 g/mol. The zero-order valence-electron chi connectivity index (χ0n) is 10.8. The monoisotopic (exact) mass is 249 g/mol. The highest BCUT2D eigenvalue weighted by atomic mass is 32.1. The summed E-state index contributed by atoms with van der Waals surface area (Å²) in [6.07, 6.45) is 1.77. The predicted molar refractivity (Wildman–Crippen MR) is 72.8 cm³/mol. The van der Waals surface area contributed by atoms with Crippen molar-refractivity contribution in [2.45, 2.75) is 33.7 Å². The standard InChI is InChI=1S/C14H19NOS/c1-5-15-13(12-6-7-16-11(12)4)14-9(2)8-10(3)17-14/h6-8,13,15H,5H2,1-4H3. The molecule has 1 atom stereocenters. The zero-order valence-corrected chi connectivity index (χ0v) is 11.6. The normalized spacial score (nSPS) is 12.9. The van der Waals surface area contributed by atoms with E-state index in [0.717, 1.165) is 12.3 Å². The van der Waals surface area contributed by atoms with Gasteiger partial charge in [-0.1, -0.05) is 6.92 Å². The van der Waals surface area contributed by atoms with Crippen LogP contribution >= 0.6 is 11.3 Å². The minimum atomic E-state index is 0.262. The predicted octanol–water partition coefficient (Wildman–Crippen LogP) is 3.97. The fraction of sp³-hybridized carbons (Fsp3) is 0.429. The van der Waals surface area contributed by atoms with Crippen LogP contribution in [0.1, 0.15) is 39.6 Å². The first-order chi connectivity index (χ1) is 8.13. The summed E-state index contributed by atoms with van der Waals surface area (Å²) in [6, 6.07) is 4.58. The lowest BCUT2D eigenvalue weighted by molar-refractivity contribution is 0.520. The number of aryl methyl sites for hydroxylation is 3. The van der Waals surface area contributed by atoms with Gasteiger partial charge < -0.3 is 9.73 Å². The van der Waals surface area contributed by atoms with Gasteiger partial charge in [0, 0.05) is 15.3 Å². The molecular formula is C14H19NOS. The van der Waals surface area contributed by atoms with Crippen LogP contribution in [0.3, 0.4) is 0 Å². The quantitative estimate of drug-likeness (QED) is 0.887. The number of nitrogens with one attached hydrogen (secondary N) is 1. The highest BCUT2D eigenvalue weighted by Gasteiger charge is 2.20. The van der Waals surface area contributed by atoms with Crippen molar-refractivity contribution in [2.24, 2.45) is 0 Å². The van der Waals surface area contributed by atoms with Gasteiger partial charge in [0.25, 0.3) is 0 Å². The van der Waals surface area contributed by atoms with E-state index in [1.54, 1.807) is 6.26 Å². The fourth-order valence-electron chi connectivity index (χ4n) is 2.19. The van der Waals surface area contributed by atoms with E-state index in [1.165, 1.54) is 20.9 Å². The number of hydrogen-bond acceptors (Lipinski definition) is 3. The van der Waals surface area contributed by atoms with E-state index < -0.39 is 0 Å². The van der Waals surface area contributed by atoms with E-state index in [0.29, 0.717) is 0 Å². The second-order valence-electron chi connectivity index (χ2n) is 4.33. The van der Waals surface area contributed by atoms with Crippen LogP contribution in [0.4, 0.5) is 0 Å². The number of hydrogen-bond donors (Lipinski definition) is 1. The molecule has 0 saturated heterocycles. The van der Waals surface area contributed by atoms with Gasteiger partial charge in [0.1, 0.15) is 5.76 Å². The van der Waals surface area contributed by atoms with Crippen molar-refractivity contribution < 1.29 is 4.42 Å². The van der Waals surface area contributed by atoms with Gasteiger partial charge in [-0.2, -0.15) is 0 Å². The second-order valence-corrected chi connectivity index (χ2v) is 5.62. The molecule has 0 bridgehead atoms. The third-order valence-corrected chi connectivity index (χ3v) is 4.18. The molecule has 3 heteroatoms. The molecule has 2 nitrogen and oxygen atoms in total. The lowest BCUT2D eigenvalue weighted by Crippen LogP contribution is -2.21. The number of furan rings is 1. The molecule has 0 radical (unpaired) electrons. The Kier molecular flexibility index (Phi) is 3.69. The lowest BCUT2D eigenvalue weighted by Gasteiger charge is -2.17. The van der Waals surface area contributed by atoms with E-state index in [2.05, 4.69) is 38.2 Å². The molecule has 2 rings (SSSR count). The Bertz CT molecular complexity index is 498. The zero-order chi connectivity index (χ0) is 12.4. The van der Waals surface area contributed by atoms with Gasteiger partial charge in [-0.05, 0) is 45.0 Å². The fourth-order valence-corrected chi connectivity index (χ4v) is 3.32. The van der Waals surface area contributed by atoms with Crippen LogP contribution in [0.25, 0.3) is 0 Å². The Balaban J connectivity index is 2.42. The first-order valence-corrected chi connectivity index (χ1v) is 6.79. The average Bonchev–Trinajstić information content (AvgIpc) is 2.82. The van der Waals surface area contributed by atoms with Gasteiger partial charge in [-0.3, -0.25) is 0 Å². The van der Waals surface area contributed by atoms with Crippen molar-refractivity contribution in [1.82, 2.24) is 5.32 Å². The second kappa shape index (κ2) is 5.07. The molecule has 2 aromatic heterocycles. The number of rotatable bonds is 4. The topological polar surface area (TPSA) is 25.2 Å². The summed E-state index contributed by atoms with van der Waals surface area (Å²) in [4.78, 5) is 2.76. The molecule has 0 aliphatic rings. The summed E-state index contributed by atoms with van der Waals surface area (Å²) in [6.45, 7) is 9.45. The van der Waals surface area contributed by atoms with Gasteiger partial charge >= 0.3 is 0 Å². The molecule has 0 fully saturated rings. The Hall–Kier alpha value is -1.06. The van der Waals surface area contributed by atoms with Crippen LogP contribution in [0.5, 0.6) is 0 Å². The van der Waals surface area contributed by atoms with Gasteiger partial charge in [-0.25, -0.2) is 0 Å². The van der Waals surface area contributed by atoms with Crippen LogP contribution in [0, 0.1) is 20.8 Å². The smallest absolute Gasteiger partial charge is 0.105 e. The van der Waals surface area contributed by atoms with E-state index in [1.807, 2.05) is 18.3 Å². The minimum Gasteiger partial charge on any atom is -0.469 e. The maximum atomic E-state index is 5.42. The summed E-state index contributed by atoms with van der Waals surface area (Å²) >= 11 is 1.87.